The van der Waals surface area contributed by atoms with E-state index in [0.717, 1.165) is 11.8 Å². The predicted molar refractivity (Wildman–Crippen MR) is 73.1 cm³/mol. The van der Waals surface area contributed by atoms with E-state index in [2.05, 4.69) is 10.4 Å². The van der Waals surface area contributed by atoms with Crippen LogP contribution in [0.3, 0.4) is 0 Å². The number of anilines is 1. The number of hydrogen-bond acceptors (Lipinski definition) is 5. The molecule has 1 aromatic rings. The SMILES string of the molecule is N#Cc1ccc(NC(=O)CSC(N)=NN)cc1Cl. The van der Waals surface area contributed by atoms with Crippen molar-refractivity contribution in [3.63, 3.8) is 0 Å². The summed E-state index contributed by atoms with van der Waals surface area (Å²) in [4.78, 5) is 11.5. The first kappa shape index (κ1) is 14.2. The molecule has 0 fully saturated rings. The van der Waals surface area contributed by atoms with Crippen LogP contribution in [0.5, 0.6) is 0 Å². The van der Waals surface area contributed by atoms with Crippen molar-refractivity contribution in [3.8, 4) is 6.07 Å². The summed E-state index contributed by atoms with van der Waals surface area (Å²) in [5.74, 6) is 4.74. The first-order valence-corrected chi connectivity index (χ1v) is 6.09. The Morgan fingerprint density at radius 3 is 2.89 bits per heavy atom. The van der Waals surface area contributed by atoms with E-state index in [1.165, 1.54) is 12.1 Å². The van der Waals surface area contributed by atoms with E-state index in [4.69, 9.17) is 28.4 Å². The summed E-state index contributed by atoms with van der Waals surface area (Å²) in [5.41, 5.74) is 6.19. The largest absolute Gasteiger partial charge is 0.377 e. The molecule has 8 heteroatoms. The topological polar surface area (TPSA) is 117 Å². The van der Waals surface area contributed by atoms with Crippen LogP contribution in [0, 0.1) is 11.3 Å². The Hall–Kier alpha value is -1.91. The highest BCUT2D eigenvalue weighted by Gasteiger charge is 2.06. The van der Waals surface area contributed by atoms with Crippen molar-refractivity contribution in [3.05, 3.63) is 28.8 Å². The molecule has 1 rings (SSSR count). The number of halogens is 1. The van der Waals surface area contributed by atoms with Crippen LogP contribution in [0.15, 0.2) is 23.3 Å². The van der Waals surface area contributed by atoms with Crippen molar-refractivity contribution < 1.29 is 4.79 Å². The third kappa shape index (κ3) is 4.16. The maximum Gasteiger partial charge on any atom is 0.234 e. The molecule has 0 saturated heterocycles. The molecule has 1 aromatic carbocycles. The molecule has 0 aromatic heterocycles. The highest BCUT2D eigenvalue weighted by atomic mass is 35.5. The lowest BCUT2D eigenvalue weighted by molar-refractivity contribution is -0.113. The van der Waals surface area contributed by atoms with Gasteiger partial charge in [0.05, 0.1) is 16.3 Å². The molecule has 0 bridgehead atoms. The molecule has 0 aliphatic carbocycles. The molecular weight excluding hydrogens is 274 g/mol. The van der Waals surface area contributed by atoms with Gasteiger partial charge in [0.1, 0.15) is 6.07 Å². The summed E-state index contributed by atoms with van der Waals surface area (Å²) in [6.45, 7) is 0. The lowest BCUT2D eigenvalue weighted by Gasteiger charge is -2.05. The summed E-state index contributed by atoms with van der Waals surface area (Å²) in [6.07, 6.45) is 0. The number of nitrogens with two attached hydrogens (primary N) is 2. The third-order valence-corrected chi connectivity index (χ3v) is 2.97. The Morgan fingerprint density at radius 2 is 2.33 bits per heavy atom. The molecule has 0 aliphatic rings. The second kappa shape index (κ2) is 6.74. The van der Waals surface area contributed by atoms with Crippen LogP contribution in [0.25, 0.3) is 0 Å². The average Bonchev–Trinajstić information content (AvgIpc) is 2.36. The summed E-state index contributed by atoms with van der Waals surface area (Å²) >= 11 is 6.85. The van der Waals surface area contributed by atoms with Gasteiger partial charge in [-0.3, -0.25) is 4.79 Å². The zero-order chi connectivity index (χ0) is 13.5. The Balaban J connectivity index is 2.60. The number of rotatable bonds is 3. The second-order valence-corrected chi connectivity index (χ2v) is 4.51. The fraction of sp³-hybridized carbons (Fsp3) is 0.100. The number of hydrogen-bond donors (Lipinski definition) is 3. The van der Waals surface area contributed by atoms with E-state index in [1.54, 1.807) is 6.07 Å². The van der Waals surface area contributed by atoms with Gasteiger partial charge in [-0.25, -0.2) is 0 Å². The molecule has 0 aliphatic heterocycles. The van der Waals surface area contributed by atoms with Gasteiger partial charge in [-0.15, -0.1) is 0 Å². The first-order chi connectivity index (χ1) is 8.56. The summed E-state index contributed by atoms with van der Waals surface area (Å²) in [7, 11) is 0. The van der Waals surface area contributed by atoms with Gasteiger partial charge in [-0.2, -0.15) is 10.4 Å². The Kier molecular flexibility index (Phi) is 5.30. The van der Waals surface area contributed by atoms with Gasteiger partial charge in [0.2, 0.25) is 5.91 Å². The standard InChI is InChI=1S/C10H10ClN5OS/c11-8-3-7(2-1-6(8)4-12)15-9(17)5-18-10(13)16-14/h1-3H,5,14H2,(H2,13,16)(H,15,17). The summed E-state index contributed by atoms with van der Waals surface area (Å²) in [6, 6.07) is 6.55. The van der Waals surface area contributed by atoms with Crippen molar-refractivity contribution in [2.75, 3.05) is 11.1 Å². The molecule has 0 heterocycles. The normalized spacial score (nSPS) is 10.8. The van der Waals surface area contributed by atoms with Gasteiger partial charge >= 0.3 is 0 Å². The smallest absolute Gasteiger partial charge is 0.234 e. The van der Waals surface area contributed by atoms with Crippen LogP contribution in [0.4, 0.5) is 5.69 Å². The van der Waals surface area contributed by atoms with Crippen molar-refractivity contribution in [2.24, 2.45) is 16.7 Å². The van der Waals surface area contributed by atoms with E-state index in [0.29, 0.717) is 11.3 Å². The highest BCUT2D eigenvalue weighted by Crippen LogP contribution is 2.20. The molecular formula is C10H10ClN5OS. The Bertz CT molecular complexity index is 525. The van der Waals surface area contributed by atoms with E-state index in [1.807, 2.05) is 6.07 Å². The molecule has 0 saturated carbocycles. The number of amidine groups is 1. The van der Waals surface area contributed by atoms with Crippen molar-refractivity contribution >= 4 is 40.1 Å². The fourth-order valence-electron chi connectivity index (χ4n) is 1.06. The molecule has 0 radical (unpaired) electrons. The molecule has 6 nitrogen and oxygen atoms in total. The second-order valence-electron chi connectivity index (χ2n) is 3.11. The Labute approximate surface area is 113 Å². The van der Waals surface area contributed by atoms with E-state index in [-0.39, 0.29) is 21.9 Å². The lowest BCUT2D eigenvalue weighted by Crippen LogP contribution is -2.18. The molecule has 0 atom stereocenters. The van der Waals surface area contributed by atoms with Crippen LogP contribution in [0.2, 0.25) is 5.02 Å². The summed E-state index contributed by atoms with van der Waals surface area (Å²) in [5, 5.41) is 14.9. The molecule has 94 valence electrons. The first-order valence-electron chi connectivity index (χ1n) is 4.72. The monoisotopic (exact) mass is 283 g/mol. The Morgan fingerprint density at radius 1 is 1.61 bits per heavy atom. The van der Waals surface area contributed by atoms with Crippen LogP contribution < -0.4 is 16.9 Å². The predicted octanol–water partition coefficient (Wildman–Crippen LogP) is 1.07. The highest BCUT2D eigenvalue weighted by molar-refractivity contribution is 8.14. The number of nitrogens with zero attached hydrogens (tertiary/aromatic N) is 2. The number of carbonyl (C=O) groups excluding carboxylic acids is 1. The minimum atomic E-state index is -0.271. The molecule has 0 spiro atoms. The zero-order valence-corrected chi connectivity index (χ0v) is 10.8. The minimum Gasteiger partial charge on any atom is -0.377 e. The number of nitriles is 1. The lowest BCUT2D eigenvalue weighted by atomic mass is 10.2. The average molecular weight is 284 g/mol. The van der Waals surface area contributed by atoms with Gasteiger partial charge in [0.15, 0.2) is 5.17 Å². The number of amides is 1. The number of carbonyl (C=O) groups is 1. The minimum absolute atomic E-state index is 0.0875. The number of nitrogens with one attached hydrogen (secondary N) is 1. The maximum absolute atomic E-state index is 11.5. The van der Waals surface area contributed by atoms with Crippen LogP contribution in [-0.4, -0.2) is 16.8 Å². The van der Waals surface area contributed by atoms with Crippen molar-refractivity contribution in [2.45, 2.75) is 0 Å². The molecule has 5 N–H and O–H groups in total. The molecule has 0 unspecified atom stereocenters. The van der Waals surface area contributed by atoms with E-state index >= 15 is 0 Å². The van der Waals surface area contributed by atoms with Gasteiger partial charge in [0, 0.05) is 5.69 Å². The summed E-state index contributed by atoms with van der Waals surface area (Å²) < 4.78 is 0. The number of hydrazone groups is 1. The van der Waals surface area contributed by atoms with Gasteiger partial charge in [0.25, 0.3) is 0 Å². The third-order valence-electron chi connectivity index (χ3n) is 1.85. The molecule has 18 heavy (non-hydrogen) atoms. The van der Waals surface area contributed by atoms with Crippen LogP contribution in [-0.2, 0) is 4.79 Å². The quantitative estimate of drug-likeness (QED) is 0.332. The maximum atomic E-state index is 11.5. The van der Waals surface area contributed by atoms with Crippen molar-refractivity contribution in [1.29, 1.82) is 5.26 Å². The van der Waals surface area contributed by atoms with Gasteiger partial charge in [-0.1, -0.05) is 23.4 Å². The van der Waals surface area contributed by atoms with E-state index in [9.17, 15) is 4.79 Å². The van der Waals surface area contributed by atoms with Crippen molar-refractivity contribution in [1.82, 2.24) is 0 Å². The molecule has 1 amide bonds. The van der Waals surface area contributed by atoms with Crippen LogP contribution >= 0.6 is 23.4 Å². The fourth-order valence-corrected chi connectivity index (χ4v) is 1.71. The number of thioether (sulfide) groups is 1. The number of benzene rings is 1. The van der Waals surface area contributed by atoms with Gasteiger partial charge < -0.3 is 16.9 Å². The van der Waals surface area contributed by atoms with Crippen LogP contribution in [0.1, 0.15) is 5.56 Å². The van der Waals surface area contributed by atoms with Gasteiger partial charge in [-0.05, 0) is 18.2 Å². The zero-order valence-electron chi connectivity index (χ0n) is 9.18. The van der Waals surface area contributed by atoms with E-state index < -0.39 is 0 Å².